The molecule has 8 nitrogen and oxygen atoms in total. The van der Waals surface area contributed by atoms with E-state index in [-0.39, 0.29) is 40.1 Å². The van der Waals surface area contributed by atoms with E-state index in [2.05, 4.69) is 10.6 Å². The first kappa shape index (κ1) is 24.6. The second-order valence-corrected chi connectivity index (χ2v) is 10.3. The van der Waals surface area contributed by atoms with E-state index in [1.54, 1.807) is 30.3 Å². The molecule has 0 atom stereocenters. The number of carbonyl (C=O) groups is 2. The first-order valence-corrected chi connectivity index (χ1v) is 12.4. The van der Waals surface area contributed by atoms with Gasteiger partial charge in [0.05, 0.1) is 22.0 Å². The number of hydrogen-bond acceptors (Lipinski definition) is 4. The molecule has 1 heterocycles. The zero-order valence-electron chi connectivity index (χ0n) is 18.7. The van der Waals surface area contributed by atoms with Crippen molar-refractivity contribution in [1.29, 1.82) is 0 Å². The Kier molecular flexibility index (Phi) is 7.06. The summed E-state index contributed by atoms with van der Waals surface area (Å²) in [5.41, 5.74) is 0.867. The lowest BCUT2D eigenvalue weighted by Crippen LogP contribution is -2.48. The Labute approximate surface area is 207 Å². The van der Waals surface area contributed by atoms with Gasteiger partial charge in [-0.15, -0.1) is 0 Å². The molecular formula is C24H22ClFN4O4S. The van der Waals surface area contributed by atoms with E-state index in [4.69, 9.17) is 11.6 Å². The lowest BCUT2D eigenvalue weighted by molar-refractivity contribution is 0.101. The summed E-state index contributed by atoms with van der Waals surface area (Å²) in [5, 5.41) is 5.52. The molecule has 3 aromatic rings. The smallest absolute Gasteiger partial charge is 0.303 e. The molecule has 0 spiro atoms. The van der Waals surface area contributed by atoms with E-state index < -0.39 is 21.9 Å². The summed E-state index contributed by atoms with van der Waals surface area (Å²) in [7, 11) is -2.28. The average molecular weight is 517 g/mol. The highest BCUT2D eigenvalue weighted by Crippen LogP contribution is 2.28. The van der Waals surface area contributed by atoms with Gasteiger partial charge in [-0.2, -0.15) is 12.7 Å². The van der Waals surface area contributed by atoms with E-state index in [0.717, 1.165) is 10.4 Å². The van der Waals surface area contributed by atoms with Gasteiger partial charge in [0.15, 0.2) is 0 Å². The first-order chi connectivity index (χ1) is 16.7. The highest BCUT2D eigenvalue weighted by molar-refractivity contribution is 7.90. The molecule has 1 aliphatic rings. The van der Waals surface area contributed by atoms with Crippen LogP contribution in [0.2, 0.25) is 5.02 Å². The Bertz CT molecular complexity index is 1390. The third-order valence-electron chi connectivity index (χ3n) is 5.50. The zero-order valence-corrected chi connectivity index (χ0v) is 20.2. The van der Waals surface area contributed by atoms with E-state index in [9.17, 15) is 22.4 Å². The Hall–Kier alpha value is -3.47. The maximum absolute atomic E-state index is 14.8. The van der Waals surface area contributed by atoms with Gasteiger partial charge in [0.2, 0.25) is 0 Å². The molecule has 0 radical (unpaired) electrons. The number of nitrogens with zero attached hydrogens (tertiary/aromatic N) is 2. The summed E-state index contributed by atoms with van der Waals surface area (Å²) in [6.07, 6.45) is 0.597. The Morgan fingerprint density at radius 2 is 1.69 bits per heavy atom. The van der Waals surface area contributed by atoms with Crippen molar-refractivity contribution < 1.29 is 22.4 Å². The van der Waals surface area contributed by atoms with Gasteiger partial charge in [0.25, 0.3) is 11.8 Å². The number of benzene rings is 3. The van der Waals surface area contributed by atoms with Crippen LogP contribution in [0, 0.1) is 5.82 Å². The van der Waals surface area contributed by atoms with Gasteiger partial charge >= 0.3 is 10.2 Å². The van der Waals surface area contributed by atoms with Gasteiger partial charge in [0, 0.05) is 31.4 Å². The van der Waals surface area contributed by atoms with Crippen LogP contribution in [-0.4, -0.2) is 44.7 Å². The first-order valence-electron chi connectivity index (χ1n) is 10.7. The molecule has 182 valence electrons. The third kappa shape index (κ3) is 5.29. The van der Waals surface area contributed by atoms with Crippen LogP contribution < -0.4 is 14.9 Å². The van der Waals surface area contributed by atoms with Gasteiger partial charge in [-0.3, -0.25) is 13.9 Å². The molecule has 3 aromatic carbocycles. The molecule has 35 heavy (non-hydrogen) atoms. The predicted molar refractivity (Wildman–Crippen MR) is 134 cm³/mol. The molecule has 1 aliphatic heterocycles. The number of halogens is 2. The summed E-state index contributed by atoms with van der Waals surface area (Å²) in [5.74, 6) is -1.98. The number of hydrogen-bond donors (Lipinski definition) is 2. The molecule has 0 aliphatic carbocycles. The lowest BCUT2D eigenvalue weighted by atomic mass is 10.1. The summed E-state index contributed by atoms with van der Waals surface area (Å²) >= 11 is 6.19. The van der Waals surface area contributed by atoms with Crippen LogP contribution in [0.25, 0.3) is 0 Å². The van der Waals surface area contributed by atoms with Crippen molar-refractivity contribution in [1.82, 2.24) is 4.31 Å². The molecular weight excluding hydrogens is 495 g/mol. The fraction of sp³-hybridized carbons (Fsp3) is 0.167. The van der Waals surface area contributed by atoms with Crippen LogP contribution in [0.5, 0.6) is 0 Å². The summed E-state index contributed by atoms with van der Waals surface area (Å²) in [6.45, 7) is 0.608. The standard InChI is InChI=1S/C24H22ClFN4O4S/c1-29-12-5-13-30(35(29,33)34)18-9-10-19(21(26)15-18)24(32)27-17-8-11-20(25)22(14-17)28-23(31)16-6-3-2-4-7-16/h2-4,6-11,14-15H,5,12-13H2,1H3,(H,27,32)(H,28,31). The minimum atomic E-state index is -3.74. The molecule has 4 rings (SSSR count). The highest BCUT2D eigenvalue weighted by Gasteiger charge is 2.31. The van der Waals surface area contributed by atoms with Gasteiger partial charge in [-0.25, -0.2) is 4.39 Å². The van der Waals surface area contributed by atoms with Crippen molar-refractivity contribution >= 4 is 50.7 Å². The van der Waals surface area contributed by atoms with Crippen molar-refractivity contribution in [2.24, 2.45) is 0 Å². The van der Waals surface area contributed by atoms with Crippen LogP contribution in [-0.2, 0) is 10.2 Å². The summed E-state index contributed by atoms with van der Waals surface area (Å²) in [4.78, 5) is 25.2. The second kappa shape index (κ2) is 10.0. The van der Waals surface area contributed by atoms with Crippen LogP contribution in [0.4, 0.5) is 21.5 Å². The Morgan fingerprint density at radius 3 is 2.40 bits per heavy atom. The molecule has 2 N–H and O–H groups in total. The lowest BCUT2D eigenvalue weighted by Gasteiger charge is -2.33. The quantitative estimate of drug-likeness (QED) is 0.526. The maximum Gasteiger partial charge on any atom is 0.303 e. The molecule has 0 saturated carbocycles. The summed E-state index contributed by atoms with van der Waals surface area (Å²) < 4.78 is 42.2. The van der Waals surface area contributed by atoms with Crippen molar-refractivity contribution in [3.8, 4) is 0 Å². The van der Waals surface area contributed by atoms with Crippen LogP contribution in [0.1, 0.15) is 27.1 Å². The minimum absolute atomic E-state index is 0.142. The van der Waals surface area contributed by atoms with Crippen molar-refractivity contribution in [3.05, 3.63) is 88.7 Å². The molecule has 1 saturated heterocycles. The zero-order chi connectivity index (χ0) is 25.2. The molecule has 0 aromatic heterocycles. The van der Waals surface area contributed by atoms with Crippen LogP contribution >= 0.6 is 11.6 Å². The molecule has 0 unspecified atom stereocenters. The van der Waals surface area contributed by atoms with Gasteiger partial charge in [-0.05, 0) is 55.0 Å². The van der Waals surface area contributed by atoms with Crippen molar-refractivity contribution in [3.63, 3.8) is 0 Å². The second-order valence-electron chi connectivity index (χ2n) is 7.89. The number of carbonyl (C=O) groups excluding carboxylic acids is 2. The predicted octanol–water partition coefficient (Wildman–Crippen LogP) is 4.37. The topological polar surface area (TPSA) is 98.8 Å². The van der Waals surface area contributed by atoms with Crippen molar-refractivity contribution in [2.75, 3.05) is 35.1 Å². The van der Waals surface area contributed by atoms with Crippen LogP contribution in [0.15, 0.2) is 66.7 Å². The number of anilines is 3. The van der Waals surface area contributed by atoms with Gasteiger partial charge in [0.1, 0.15) is 5.82 Å². The average Bonchev–Trinajstić information content (AvgIpc) is 2.83. The molecule has 11 heteroatoms. The fourth-order valence-corrected chi connectivity index (χ4v) is 5.22. The Morgan fingerprint density at radius 1 is 0.943 bits per heavy atom. The summed E-state index contributed by atoms with van der Waals surface area (Å²) in [6, 6.07) is 16.7. The fourth-order valence-electron chi connectivity index (χ4n) is 3.62. The van der Waals surface area contributed by atoms with Crippen molar-refractivity contribution in [2.45, 2.75) is 6.42 Å². The van der Waals surface area contributed by atoms with E-state index in [1.165, 1.54) is 41.7 Å². The molecule has 2 amide bonds. The van der Waals surface area contributed by atoms with E-state index in [1.807, 2.05) is 0 Å². The largest absolute Gasteiger partial charge is 0.322 e. The maximum atomic E-state index is 14.8. The SMILES string of the molecule is CN1CCCN(c2ccc(C(=O)Nc3ccc(Cl)c(NC(=O)c4ccccc4)c3)c(F)c2)S1(=O)=O. The van der Waals surface area contributed by atoms with Gasteiger partial charge in [-0.1, -0.05) is 29.8 Å². The third-order valence-corrected chi connectivity index (χ3v) is 7.75. The number of rotatable bonds is 5. The Balaban J connectivity index is 1.51. The monoisotopic (exact) mass is 516 g/mol. The normalized spacial score (nSPS) is 15.5. The highest BCUT2D eigenvalue weighted by atomic mass is 35.5. The van der Waals surface area contributed by atoms with E-state index in [0.29, 0.717) is 18.5 Å². The number of nitrogens with one attached hydrogen (secondary N) is 2. The molecule has 0 bridgehead atoms. The van der Waals surface area contributed by atoms with E-state index >= 15 is 0 Å². The number of amides is 2. The molecule has 1 fully saturated rings. The van der Waals surface area contributed by atoms with Gasteiger partial charge < -0.3 is 10.6 Å². The minimum Gasteiger partial charge on any atom is -0.322 e. The van der Waals surface area contributed by atoms with Crippen LogP contribution in [0.3, 0.4) is 0 Å².